The second kappa shape index (κ2) is 63.6. The van der Waals surface area contributed by atoms with Crippen LogP contribution in [0, 0.1) is 0 Å². The van der Waals surface area contributed by atoms with Gasteiger partial charge in [0.1, 0.15) is 6.61 Å². The molecule has 1 atom stereocenters. The first-order valence-corrected chi connectivity index (χ1v) is 31.1. The Balaban J connectivity index is 4.41. The molecule has 0 radical (unpaired) electrons. The molecule has 0 bridgehead atoms. The Labute approximate surface area is 458 Å². The Morgan fingerprint density at radius 3 is 0.973 bits per heavy atom. The summed E-state index contributed by atoms with van der Waals surface area (Å²) in [5.74, 6) is -0.438. The van der Waals surface area contributed by atoms with Gasteiger partial charge in [0.15, 0.2) is 6.10 Å². The van der Waals surface area contributed by atoms with Crippen molar-refractivity contribution < 1.29 is 23.8 Å². The van der Waals surface area contributed by atoms with E-state index in [1.165, 1.54) is 141 Å². The fraction of sp³-hybridized carbons (Fsp3) is 0.681. The summed E-state index contributed by atoms with van der Waals surface area (Å²) in [6.45, 7) is 7.53. The van der Waals surface area contributed by atoms with Crippen molar-refractivity contribution in [3.63, 3.8) is 0 Å². The quantitative estimate of drug-likeness (QED) is 0.0345. The Morgan fingerprint density at radius 1 is 0.311 bits per heavy atom. The lowest BCUT2D eigenvalue weighted by Crippen LogP contribution is -2.30. The van der Waals surface area contributed by atoms with E-state index in [2.05, 4.69) is 142 Å². The van der Waals surface area contributed by atoms with Gasteiger partial charge in [0.25, 0.3) is 0 Å². The van der Waals surface area contributed by atoms with Gasteiger partial charge in [-0.05, 0) is 128 Å². The average molecular weight is 1030 g/mol. The molecule has 0 aliphatic carbocycles. The highest BCUT2D eigenvalue weighted by Crippen LogP contribution is 2.15. The SMILES string of the molecule is CC/C=C\C/C=C\C/C=C\C/C=C\C/C=C\C/C=C\CCCOCC(COC(=O)CCCCCCCCCCC/C=C\C/C=C\CCCCC)OC(=O)CCCCCCCCCCC/C=C\C/C=C\CCCCC. The molecule has 0 aliphatic rings. The van der Waals surface area contributed by atoms with Crippen LogP contribution < -0.4 is 0 Å². The number of carbonyl (C=O) groups excluding carboxylic acids is 2. The zero-order valence-corrected chi connectivity index (χ0v) is 48.6. The predicted octanol–water partition coefficient (Wildman–Crippen LogP) is 21.7. The van der Waals surface area contributed by atoms with Gasteiger partial charge in [-0.3, -0.25) is 9.59 Å². The molecule has 0 aliphatic heterocycles. The minimum atomic E-state index is -0.580. The van der Waals surface area contributed by atoms with Crippen LogP contribution in [0.2, 0.25) is 0 Å². The van der Waals surface area contributed by atoms with Crippen molar-refractivity contribution in [1.82, 2.24) is 0 Å². The highest BCUT2D eigenvalue weighted by Gasteiger charge is 2.17. The number of unbranched alkanes of at least 4 members (excludes halogenated alkanes) is 25. The number of ether oxygens (including phenoxy) is 3. The molecule has 0 fully saturated rings. The van der Waals surface area contributed by atoms with E-state index in [0.29, 0.717) is 19.4 Å². The van der Waals surface area contributed by atoms with Gasteiger partial charge in [-0.1, -0.05) is 258 Å². The van der Waals surface area contributed by atoms with Crippen LogP contribution in [0.15, 0.2) is 122 Å². The maximum absolute atomic E-state index is 12.9. The van der Waals surface area contributed by atoms with E-state index in [0.717, 1.165) is 103 Å². The zero-order valence-electron chi connectivity index (χ0n) is 48.6. The lowest BCUT2D eigenvalue weighted by molar-refractivity contribution is -0.163. The lowest BCUT2D eigenvalue weighted by atomic mass is 10.1. The molecule has 1 unspecified atom stereocenters. The van der Waals surface area contributed by atoms with Gasteiger partial charge < -0.3 is 14.2 Å². The van der Waals surface area contributed by atoms with Gasteiger partial charge in [-0.2, -0.15) is 0 Å². The predicted molar refractivity (Wildman–Crippen MR) is 325 cm³/mol. The van der Waals surface area contributed by atoms with Crippen molar-refractivity contribution >= 4 is 11.9 Å². The molecule has 0 heterocycles. The topological polar surface area (TPSA) is 61.8 Å². The van der Waals surface area contributed by atoms with Crippen molar-refractivity contribution in [3.8, 4) is 0 Å². The van der Waals surface area contributed by atoms with E-state index < -0.39 is 6.10 Å². The second-order valence-corrected chi connectivity index (χ2v) is 20.2. The minimum absolute atomic E-state index is 0.0521. The molecule has 0 aromatic rings. The van der Waals surface area contributed by atoms with Gasteiger partial charge in [0, 0.05) is 19.4 Å². The molecule has 0 rings (SSSR count). The third kappa shape index (κ3) is 60.9. The summed E-state index contributed by atoms with van der Waals surface area (Å²) in [7, 11) is 0. The van der Waals surface area contributed by atoms with Crippen molar-refractivity contribution in [1.29, 1.82) is 0 Å². The Kier molecular flexibility index (Phi) is 60.4. The van der Waals surface area contributed by atoms with E-state index in [9.17, 15) is 9.59 Å². The van der Waals surface area contributed by atoms with Crippen LogP contribution in [-0.2, 0) is 23.8 Å². The van der Waals surface area contributed by atoms with Crippen molar-refractivity contribution in [2.75, 3.05) is 19.8 Å². The second-order valence-electron chi connectivity index (χ2n) is 20.2. The van der Waals surface area contributed by atoms with Crippen LogP contribution in [0.3, 0.4) is 0 Å². The average Bonchev–Trinajstić information content (AvgIpc) is 3.40. The number of esters is 2. The Bertz CT molecular complexity index is 1490. The molecule has 74 heavy (non-hydrogen) atoms. The summed E-state index contributed by atoms with van der Waals surface area (Å²) in [5, 5.41) is 0. The van der Waals surface area contributed by atoms with Gasteiger partial charge in [-0.15, -0.1) is 0 Å². The number of hydrogen-bond donors (Lipinski definition) is 0. The van der Waals surface area contributed by atoms with Gasteiger partial charge >= 0.3 is 11.9 Å². The highest BCUT2D eigenvalue weighted by atomic mass is 16.6. The molecule has 422 valence electrons. The first kappa shape index (κ1) is 70.3. The van der Waals surface area contributed by atoms with Crippen LogP contribution in [-0.4, -0.2) is 37.9 Å². The summed E-state index contributed by atoms with van der Waals surface area (Å²) in [4.78, 5) is 25.6. The van der Waals surface area contributed by atoms with Crippen LogP contribution in [0.4, 0.5) is 0 Å². The largest absolute Gasteiger partial charge is 0.462 e. The van der Waals surface area contributed by atoms with Crippen molar-refractivity contribution in [2.24, 2.45) is 0 Å². The number of allylic oxidation sites excluding steroid dienone is 20. The smallest absolute Gasteiger partial charge is 0.306 e. The lowest BCUT2D eigenvalue weighted by Gasteiger charge is -2.18. The molecular formula is C69H116O5. The first-order chi connectivity index (χ1) is 36.6. The number of hydrogen-bond acceptors (Lipinski definition) is 5. The monoisotopic (exact) mass is 1020 g/mol. The Morgan fingerprint density at radius 2 is 0.608 bits per heavy atom. The summed E-state index contributed by atoms with van der Waals surface area (Å²) >= 11 is 0. The van der Waals surface area contributed by atoms with Gasteiger partial charge in [0.2, 0.25) is 0 Å². The van der Waals surface area contributed by atoms with Crippen LogP contribution in [0.25, 0.3) is 0 Å². The molecule has 0 N–H and O–H groups in total. The highest BCUT2D eigenvalue weighted by molar-refractivity contribution is 5.70. The first-order valence-electron chi connectivity index (χ1n) is 31.1. The summed E-state index contributed by atoms with van der Waals surface area (Å²) < 4.78 is 17.5. The van der Waals surface area contributed by atoms with Crippen LogP contribution in [0.5, 0.6) is 0 Å². The van der Waals surface area contributed by atoms with E-state index in [-0.39, 0.29) is 25.2 Å². The van der Waals surface area contributed by atoms with E-state index >= 15 is 0 Å². The Hall–Kier alpha value is -3.70. The van der Waals surface area contributed by atoms with E-state index in [1.807, 2.05) is 0 Å². The molecule has 0 saturated carbocycles. The van der Waals surface area contributed by atoms with Crippen LogP contribution in [0.1, 0.15) is 278 Å². The van der Waals surface area contributed by atoms with Gasteiger partial charge in [-0.25, -0.2) is 0 Å². The number of carbonyl (C=O) groups is 2. The zero-order chi connectivity index (χ0) is 53.4. The standard InChI is InChI=1S/C69H116O5/c1-4-7-10-13-16-19-22-25-28-31-34-37-40-43-46-49-52-55-58-61-64-72-65-67(74-69(71)63-60-57-54-51-48-45-42-39-36-33-30-27-24-21-18-15-12-9-6-3)66-73-68(70)62-59-56-53-50-47-44-41-38-35-32-29-26-23-20-17-14-11-8-5-2/h7,10,16-21,25-30,34,37,43,46,52,55,67H,4-6,8-9,11-15,22-24,31-33,35-36,38-42,44-45,47-51,53-54,56-66H2,1-3H3/b10-7-,19-16-,20-17-,21-18-,28-25-,29-26-,30-27-,37-34-,46-43-,55-52-. The molecule has 0 aromatic carbocycles. The summed E-state index contributed by atoms with van der Waals surface area (Å²) in [5.41, 5.74) is 0. The summed E-state index contributed by atoms with van der Waals surface area (Å²) in [6.07, 6.45) is 89.5. The maximum Gasteiger partial charge on any atom is 0.306 e. The van der Waals surface area contributed by atoms with Crippen LogP contribution >= 0.6 is 0 Å². The molecule has 0 amide bonds. The third-order valence-electron chi connectivity index (χ3n) is 13.0. The van der Waals surface area contributed by atoms with Crippen molar-refractivity contribution in [2.45, 2.75) is 284 Å². The third-order valence-corrected chi connectivity index (χ3v) is 13.0. The fourth-order valence-corrected chi connectivity index (χ4v) is 8.35. The fourth-order valence-electron chi connectivity index (χ4n) is 8.35. The molecule has 0 aromatic heterocycles. The maximum atomic E-state index is 12.9. The number of rotatable bonds is 56. The van der Waals surface area contributed by atoms with Crippen molar-refractivity contribution in [3.05, 3.63) is 122 Å². The molecule has 5 nitrogen and oxygen atoms in total. The molecule has 0 saturated heterocycles. The summed E-state index contributed by atoms with van der Waals surface area (Å²) in [6, 6.07) is 0. The van der Waals surface area contributed by atoms with E-state index in [4.69, 9.17) is 14.2 Å². The minimum Gasteiger partial charge on any atom is -0.462 e. The molecule has 5 heteroatoms. The van der Waals surface area contributed by atoms with Gasteiger partial charge in [0.05, 0.1) is 6.61 Å². The molecule has 0 spiro atoms. The molecular weight excluding hydrogens is 909 g/mol. The van der Waals surface area contributed by atoms with E-state index in [1.54, 1.807) is 0 Å². The normalized spacial score (nSPS) is 13.1.